The summed E-state index contributed by atoms with van der Waals surface area (Å²) < 4.78 is 40.4. The van der Waals surface area contributed by atoms with Crippen LogP contribution in [-0.4, -0.2) is 15.1 Å². The summed E-state index contributed by atoms with van der Waals surface area (Å²) in [5.74, 6) is -3.17. The lowest BCUT2D eigenvalue weighted by Gasteiger charge is -2.30. The van der Waals surface area contributed by atoms with Gasteiger partial charge in [0.25, 0.3) is 0 Å². The Bertz CT molecular complexity index is 632. The highest BCUT2D eigenvalue weighted by Gasteiger charge is 2.36. The highest BCUT2D eigenvalue weighted by molar-refractivity contribution is 5.29. The molecule has 0 amide bonds. The smallest absolute Gasteiger partial charge is 0.163 e. The molecule has 1 N–H and O–H groups in total. The molecule has 0 radical (unpaired) electrons. The first kappa shape index (κ1) is 14.5. The predicted molar refractivity (Wildman–Crippen MR) is 66.3 cm³/mol. The summed E-state index contributed by atoms with van der Waals surface area (Å²) in [6.45, 7) is 2.84. The Morgan fingerprint density at radius 1 is 1.20 bits per heavy atom. The molecular weight excluding hydrogens is 269 g/mol. The van der Waals surface area contributed by atoms with Crippen LogP contribution in [-0.2, 0) is 5.60 Å². The second-order valence-electron chi connectivity index (χ2n) is 4.75. The van der Waals surface area contributed by atoms with Gasteiger partial charge in [0.1, 0.15) is 18.0 Å². The van der Waals surface area contributed by atoms with Gasteiger partial charge in [-0.15, -0.1) is 0 Å². The third kappa shape index (κ3) is 2.51. The van der Waals surface area contributed by atoms with Gasteiger partial charge in [-0.1, -0.05) is 13.0 Å². The van der Waals surface area contributed by atoms with Crippen LogP contribution in [0.4, 0.5) is 13.2 Å². The summed E-state index contributed by atoms with van der Waals surface area (Å²) >= 11 is 0. The molecule has 1 aromatic heterocycles. The van der Waals surface area contributed by atoms with Gasteiger partial charge in [-0.2, -0.15) is 0 Å². The van der Waals surface area contributed by atoms with Crippen molar-refractivity contribution in [2.24, 2.45) is 0 Å². The van der Waals surface area contributed by atoms with Crippen molar-refractivity contribution >= 4 is 0 Å². The SMILES string of the molecule is C[C@@H](c1ncncc1F)[C@@](C)(O)c1ccc(F)cc1F. The molecule has 106 valence electrons. The van der Waals surface area contributed by atoms with Crippen LogP contribution in [0.15, 0.2) is 30.7 Å². The van der Waals surface area contributed by atoms with Crippen LogP contribution in [0.1, 0.15) is 31.0 Å². The van der Waals surface area contributed by atoms with Gasteiger partial charge in [-0.05, 0) is 13.0 Å². The summed E-state index contributed by atoms with van der Waals surface area (Å²) in [7, 11) is 0. The molecule has 0 saturated carbocycles. The molecule has 3 nitrogen and oxygen atoms in total. The second kappa shape index (κ2) is 5.20. The van der Waals surface area contributed by atoms with Gasteiger partial charge >= 0.3 is 0 Å². The van der Waals surface area contributed by atoms with E-state index in [1.54, 1.807) is 0 Å². The Labute approximate surface area is 114 Å². The van der Waals surface area contributed by atoms with Crippen molar-refractivity contribution in [3.63, 3.8) is 0 Å². The lowest BCUT2D eigenvalue weighted by molar-refractivity contribution is 0.0262. The van der Waals surface area contributed by atoms with Crippen LogP contribution in [0.5, 0.6) is 0 Å². The number of nitrogens with zero attached hydrogens (tertiary/aromatic N) is 2. The molecule has 2 rings (SSSR count). The summed E-state index contributed by atoms with van der Waals surface area (Å²) in [6, 6.07) is 2.85. The molecule has 0 aliphatic rings. The highest BCUT2D eigenvalue weighted by Crippen LogP contribution is 2.37. The Balaban J connectivity index is 2.46. The first-order chi connectivity index (χ1) is 9.34. The Morgan fingerprint density at radius 3 is 2.50 bits per heavy atom. The standard InChI is InChI=1S/C14H13F3N2O/c1-8(13-12(17)6-18-7-19-13)14(2,20)10-4-3-9(15)5-11(10)16/h3-8,20H,1-2H3/t8-,14+/m0/s1. The zero-order valence-corrected chi connectivity index (χ0v) is 10.9. The fourth-order valence-corrected chi connectivity index (χ4v) is 2.04. The van der Waals surface area contributed by atoms with Gasteiger partial charge in [0, 0.05) is 17.5 Å². The van der Waals surface area contributed by atoms with Crippen molar-refractivity contribution in [2.45, 2.75) is 25.4 Å². The molecule has 0 unspecified atom stereocenters. The lowest BCUT2D eigenvalue weighted by Crippen LogP contribution is -2.31. The van der Waals surface area contributed by atoms with Crippen molar-refractivity contribution in [1.82, 2.24) is 9.97 Å². The molecule has 1 aromatic carbocycles. The lowest BCUT2D eigenvalue weighted by atomic mass is 9.81. The van der Waals surface area contributed by atoms with Gasteiger partial charge in [0.05, 0.1) is 17.5 Å². The molecule has 20 heavy (non-hydrogen) atoms. The largest absolute Gasteiger partial charge is 0.385 e. The van der Waals surface area contributed by atoms with Crippen LogP contribution >= 0.6 is 0 Å². The Hall–Kier alpha value is -1.95. The van der Waals surface area contributed by atoms with Crippen LogP contribution in [0.3, 0.4) is 0 Å². The topological polar surface area (TPSA) is 46.0 Å². The van der Waals surface area contributed by atoms with E-state index in [4.69, 9.17) is 0 Å². The Kier molecular flexibility index (Phi) is 3.76. The van der Waals surface area contributed by atoms with Gasteiger partial charge in [-0.3, -0.25) is 0 Å². The minimum atomic E-state index is -1.74. The molecule has 0 fully saturated rings. The molecule has 0 bridgehead atoms. The third-order valence-corrected chi connectivity index (χ3v) is 3.43. The van der Waals surface area contributed by atoms with E-state index in [0.717, 1.165) is 24.7 Å². The number of benzene rings is 1. The van der Waals surface area contributed by atoms with Crippen LogP contribution in [0.2, 0.25) is 0 Å². The molecule has 0 spiro atoms. The molecular formula is C14H13F3N2O. The highest BCUT2D eigenvalue weighted by atomic mass is 19.1. The fourth-order valence-electron chi connectivity index (χ4n) is 2.04. The average Bonchev–Trinajstić information content (AvgIpc) is 2.38. The molecule has 2 atom stereocenters. The van der Waals surface area contributed by atoms with E-state index in [-0.39, 0.29) is 11.3 Å². The molecule has 6 heteroatoms. The van der Waals surface area contributed by atoms with E-state index in [0.29, 0.717) is 6.07 Å². The molecule has 0 aliphatic heterocycles. The van der Waals surface area contributed by atoms with Gasteiger partial charge in [0.2, 0.25) is 0 Å². The summed E-state index contributed by atoms with van der Waals surface area (Å²) in [4.78, 5) is 7.29. The van der Waals surface area contributed by atoms with Gasteiger partial charge in [0.15, 0.2) is 5.82 Å². The van der Waals surface area contributed by atoms with Crippen molar-refractivity contribution < 1.29 is 18.3 Å². The van der Waals surface area contributed by atoms with Crippen molar-refractivity contribution in [3.05, 3.63) is 59.4 Å². The van der Waals surface area contributed by atoms with E-state index in [1.165, 1.54) is 13.8 Å². The normalized spacial score (nSPS) is 15.7. The van der Waals surface area contributed by atoms with Crippen molar-refractivity contribution in [1.29, 1.82) is 0 Å². The molecule has 0 saturated heterocycles. The minimum Gasteiger partial charge on any atom is -0.385 e. The summed E-state index contributed by atoms with van der Waals surface area (Å²) in [5.41, 5.74) is -1.90. The maximum atomic E-state index is 13.8. The van der Waals surface area contributed by atoms with E-state index in [9.17, 15) is 18.3 Å². The minimum absolute atomic E-state index is 0.0336. The van der Waals surface area contributed by atoms with Crippen molar-refractivity contribution in [2.75, 3.05) is 0 Å². The van der Waals surface area contributed by atoms with Crippen molar-refractivity contribution in [3.8, 4) is 0 Å². The maximum Gasteiger partial charge on any atom is 0.163 e. The zero-order chi connectivity index (χ0) is 14.9. The van der Waals surface area contributed by atoms with Gasteiger partial charge in [-0.25, -0.2) is 23.1 Å². The summed E-state index contributed by atoms with van der Waals surface area (Å²) in [5, 5.41) is 10.5. The Morgan fingerprint density at radius 2 is 1.90 bits per heavy atom. The first-order valence-electron chi connectivity index (χ1n) is 5.97. The number of aromatic nitrogens is 2. The molecule has 1 heterocycles. The molecule has 2 aromatic rings. The fraction of sp³-hybridized carbons (Fsp3) is 0.286. The first-order valence-corrected chi connectivity index (χ1v) is 5.97. The quantitative estimate of drug-likeness (QED) is 0.941. The number of hydrogen-bond donors (Lipinski definition) is 1. The van der Waals surface area contributed by atoms with E-state index in [1.807, 2.05) is 0 Å². The van der Waals surface area contributed by atoms with Crippen LogP contribution < -0.4 is 0 Å². The third-order valence-electron chi connectivity index (χ3n) is 3.43. The predicted octanol–water partition coefficient (Wildman–Crippen LogP) is 2.91. The van der Waals surface area contributed by atoms with Crippen LogP contribution in [0.25, 0.3) is 0 Å². The van der Waals surface area contributed by atoms with Gasteiger partial charge < -0.3 is 5.11 Å². The van der Waals surface area contributed by atoms with E-state index >= 15 is 0 Å². The monoisotopic (exact) mass is 282 g/mol. The number of rotatable bonds is 3. The number of hydrogen-bond acceptors (Lipinski definition) is 3. The second-order valence-corrected chi connectivity index (χ2v) is 4.75. The maximum absolute atomic E-state index is 13.8. The van der Waals surface area contributed by atoms with E-state index < -0.39 is 29.0 Å². The molecule has 0 aliphatic carbocycles. The average molecular weight is 282 g/mol. The van der Waals surface area contributed by atoms with Crippen LogP contribution in [0, 0.1) is 17.5 Å². The van der Waals surface area contributed by atoms with E-state index in [2.05, 4.69) is 9.97 Å². The summed E-state index contributed by atoms with van der Waals surface area (Å²) in [6.07, 6.45) is 2.11. The zero-order valence-electron chi connectivity index (χ0n) is 10.9. The number of halogens is 3. The number of aliphatic hydroxyl groups is 1.